The van der Waals surface area contributed by atoms with E-state index in [9.17, 15) is 0 Å². The number of hydrogen-bond acceptors (Lipinski definition) is 0. The molecule has 2 atom stereocenters. The molecule has 0 amide bonds. The van der Waals surface area contributed by atoms with E-state index in [1.54, 1.807) is 44.5 Å². The Hall–Kier alpha value is -0.569. The van der Waals surface area contributed by atoms with Gasteiger partial charge in [-0.1, -0.05) is 0 Å². The summed E-state index contributed by atoms with van der Waals surface area (Å²) in [5, 5.41) is 0. The van der Waals surface area contributed by atoms with E-state index in [1.807, 2.05) is 0 Å². The Morgan fingerprint density at radius 1 is 0.706 bits per heavy atom. The van der Waals surface area contributed by atoms with Gasteiger partial charge in [0.15, 0.2) is 0 Å². The molecule has 2 unspecified atom stereocenters. The molecule has 2 aromatic rings. The van der Waals surface area contributed by atoms with Crippen LogP contribution in [0.5, 0.6) is 0 Å². The molecule has 0 saturated carbocycles. The Labute approximate surface area is 227 Å². The van der Waals surface area contributed by atoms with Gasteiger partial charge in [0, 0.05) is 0 Å². The van der Waals surface area contributed by atoms with Crippen molar-refractivity contribution in [3.8, 4) is 0 Å². The van der Waals surface area contributed by atoms with Crippen LogP contribution in [0.2, 0.25) is 13.1 Å². The molecule has 0 radical (unpaired) electrons. The number of allylic oxidation sites excluding steroid dienone is 2. The van der Waals surface area contributed by atoms with Gasteiger partial charge in [-0.15, -0.1) is 0 Å². The zero-order valence-corrected chi connectivity index (χ0v) is 26.2. The van der Waals surface area contributed by atoms with Crippen molar-refractivity contribution in [2.24, 2.45) is 0 Å². The van der Waals surface area contributed by atoms with Crippen molar-refractivity contribution < 1.29 is 41.4 Å². The van der Waals surface area contributed by atoms with Gasteiger partial charge in [-0.05, 0) is 0 Å². The van der Waals surface area contributed by atoms with Crippen LogP contribution in [0.4, 0.5) is 0 Å². The maximum Gasteiger partial charge on any atom is -1.00 e. The first-order valence-electron chi connectivity index (χ1n) is 12.6. The van der Waals surface area contributed by atoms with Crippen LogP contribution >= 0.6 is 0 Å². The number of rotatable bonds is 6. The van der Waals surface area contributed by atoms with E-state index in [-0.39, 0.29) is 31.0 Å². The summed E-state index contributed by atoms with van der Waals surface area (Å²) in [6, 6.07) is 14.4. The van der Waals surface area contributed by atoms with Gasteiger partial charge in [0.2, 0.25) is 0 Å². The van der Waals surface area contributed by atoms with Crippen molar-refractivity contribution in [2.45, 2.75) is 87.8 Å². The number of halogens is 2. The second kappa shape index (κ2) is 12.1. The zero-order chi connectivity index (χ0) is 23.2. The molecule has 182 valence electrons. The Balaban J connectivity index is 0.00000204. The molecule has 2 aromatic carbocycles. The van der Waals surface area contributed by atoms with Crippen LogP contribution in [0, 0.1) is 0 Å². The van der Waals surface area contributed by atoms with E-state index in [1.165, 1.54) is 12.8 Å². The van der Waals surface area contributed by atoms with Crippen molar-refractivity contribution in [3.05, 3.63) is 80.9 Å². The third kappa shape index (κ3) is 5.12. The number of fused-ring (bicyclic) bond motifs is 2. The van der Waals surface area contributed by atoms with Gasteiger partial charge in [0.05, 0.1) is 0 Å². The minimum absolute atomic E-state index is 0. The van der Waals surface area contributed by atoms with Crippen LogP contribution in [0.15, 0.2) is 47.5 Å². The van der Waals surface area contributed by atoms with Crippen LogP contribution in [0.3, 0.4) is 0 Å². The van der Waals surface area contributed by atoms with Crippen molar-refractivity contribution >= 4 is 18.3 Å². The third-order valence-electron chi connectivity index (χ3n) is 7.63. The average Bonchev–Trinajstić information content (AvgIpc) is 3.32. The van der Waals surface area contributed by atoms with Gasteiger partial charge < -0.3 is 24.8 Å². The van der Waals surface area contributed by atoms with E-state index in [0.29, 0.717) is 11.8 Å². The first-order chi connectivity index (χ1) is 15.3. The zero-order valence-electron chi connectivity index (χ0n) is 22.1. The Bertz CT molecular complexity index is 1050. The average molecular weight is 548 g/mol. The minimum Gasteiger partial charge on any atom is -1.00 e. The summed E-state index contributed by atoms with van der Waals surface area (Å²) in [6.45, 7) is 19.5. The molecule has 0 N–H and O–H groups in total. The molecule has 0 fully saturated rings. The van der Waals surface area contributed by atoms with Crippen LogP contribution in [0.25, 0.3) is 12.2 Å². The standard InChI is InChI=1S/2C14H17.C2H6Si.2ClH.Ti/c2*1-4-11-8-12-6-5-7-13(10(2)3)14(12)9-11;1-3-2;;;/h2*5-10H,4H2,1-3H3;1-2H3;2*1H;/q;;;;;+2/p-2. The van der Waals surface area contributed by atoms with Gasteiger partial charge in [0.1, 0.15) is 0 Å². The summed E-state index contributed by atoms with van der Waals surface area (Å²) >= 11 is -1.55. The molecule has 2 aliphatic carbocycles. The molecule has 0 bridgehead atoms. The van der Waals surface area contributed by atoms with E-state index in [0.717, 1.165) is 8.45 Å². The molecule has 4 rings (SSSR count). The molecule has 0 heterocycles. The Morgan fingerprint density at radius 2 is 1.09 bits per heavy atom. The van der Waals surface area contributed by atoms with E-state index in [2.05, 4.69) is 103 Å². The predicted octanol–water partition coefficient (Wildman–Crippen LogP) is 3.21. The summed E-state index contributed by atoms with van der Waals surface area (Å²) < 4.78 is 1.46. The number of hydrogen-bond donors (Lipinski definition) is 0. The first-order valence-corrected chi connectivity index (χ1v) is 19.3. The van der Waals surface area contributed by atoms with E-state index < -0.39 is 16.6 Å². The quantitative estimate of drug-likeness (QED) is 0.488. The smallest absolute Gasteiger partial charge is 1.00 e. The minimum atomic E-state index is -1.55. The monoisotopic (exact) mass is 546 g/mol. The summed E-state index contributed by atoms with van der Waals surface area (Å²) in [7, 11) is 0. The second-order valence-electron chi connectivity index (χ2n) is 10.5. The second-order valence-corrected chi connectivity index (χ2v) is 22.8. The summed E-state index contributed by atoms with van der Waals surface area (Å²) in [4.78, 5) is 0. The molecule has 0 aromatic heterocycles. The molecule has 2 aliphatic rings. The van der Waals surface area contributed by atoms with Gasteiger partial charge in [0.25, 0.3) is 0 Å². The summed E-state index contributed by atoms with van der Waals surface area (Å²) in [5.41, 5.74) is 13.1. The largest absolute Gasteiger partial charge is 1.00 e. The number of benzene rings is 2. The fourth-order valence-corrected chi connectivity index (χ4v) is 19.9. The summed E-state index contributed by atoms with van der Waals surface area (Å²) in [6.07, 6.45) is 7.23. The maximum absolute atomic E-state index is 2.63. The van der Waals surface area contributed by atoms with Crippen molar-refractivity contribution in [2.75, 3.05) is 0 Å². The molecule has 0 aliphatic heterocycles. The van der Waals surface area contributed by atoms with Gasteiger partial charge in [-0.2, -0.15) is 0 Å². The SMILES string of the molecule is CCC1=Cc2c(C(C)C)cccc2[CH]1[Ti+2]([CH]1C(CC)=Cc2c(C(C)C)cccc21)=[Si](C)C.[Cl-].[Cl-]. The molecular weight excluding hydrogens is 507 g/mol. The van der Waals surface area contributed by atoms with E-state index >= 15 is 0 Å². The van der Waals surface area contributed by atoms with Crippen LogP contribution in [0.1, 0.15) is 108 Å². The third-order valence-corrected chi connectivity index (χ3v) is 20.6. The normalized spacial score (nSPS) is 17.8. The first kappa shape index (κ1) is 29.7. The van der Waals surface area contributed by atoms with Gasteiger partial charge >= 0.3 is 204 Å². The molecule has 0 saturated heterocycles. The van der Waals surface area contributed by atoms with Crippen molar-refractivity contribution in [1.82, 2.24) is 0 Å². The Morgan fingerprint density at radius 3 is 1.38 bits per heavy atom. The molecule has 34 heavy (non-hydrogen) atoms. The Kier molecular flexibility index (Phi) is 10.6. The fourth-order valence-electron chi connectivity index (χ4n) is 6.07. The van der Waals surface area contributed by atoms with Gasteiger partial charge in [-0.3, -0.25) is 0 Å². The van der Waals surface area contributed by atoms with Crippen LogP contribution in [-0.2, 0) is 16.6 Å². The van der Waals surface area contributed by atoms with Crippen LogP contribution < -0.4 is 24.8 Å². The predicted molar refractivity (Wildman–Crippen MR) is 141 cm³/mol. The van der Waals surface area contributed by atoms with Crippen LogP contribution in [-0.4, -0.2) is 6.19 Å². The van der Waals surface area contributed by atoms with Crippen molar-refractivity contribution in [1.29, 1.82) is 0 Å². The topological polar surface area (TPSA) is 0 Å². The van der Waals surface area contributed by atoms with E-state index in [4.69, 9.17) is 0 Å². The molecule has 0 spiro atoms. The summed E-state index contributed by atoms with van der Waals surface area (Å²) in [5.74, 6) is 1.17. The molecular formula is C30H40Cl2SiTi. The maximum atomic E-state index is 2.63. The molecule has 0 nitrogen and oxygen atoms in total. The van der Waals surface area contributed by atoms with Gasteiger partial charge in [-0.25, -0.2) is 0 Å². The fraction of sp³-hybridized carbons (Fsp3) is 0.467. The molecule has 4 heteroatoms. The van der Waals surface area contributed by atoms with Crippen molar-refractivity contribution in [3.63, 3.8) is 0 Å².